The minimum absolute atomic E-state index is 0.299. The molecule has 0 aromatic rings. The highest BCUT2D eigenvalue weighted by Crippen LogP contribution is 2.06. The van der Waals surface area contributed by atoms with E-state index >= 15 is 0 Å². The summed E-state index contributed by atoms with van der Waals surface area (Å²) in [5, 5.41) is 16.4. The summed E-state index contributed by atoms with van der Waals surface area (Å²) in [6, 6.07) is 2.11. The van der Waals surface area contributed by atoms with Crippen molar-refractivity contribution < 1.29 is 14.6 Å². The first-order chi connectivity index (χ1) is 6.77. The van der Waals surface area contributed by atoms with Crippen molar-refractivity contribution in [2.75, 3.05) is 6.61 Å². The number of carbonyl (C=O) groups is 1. The Morgan fingerprint density at radius 3 is 2.29 bits per heavy atom. The first-order valence-electron chi connectivity index (χ1n) is 5.00. The van der Waals surface area contributed by atoms with E-state index in [1.54, 1.807) is 0 Å². The summed E-state index contributed by atoms with van der Waals surface area (Å²) in [6.07, 6.45) is 5.52. The van der Waals surface area contributed by atoms with E-state index in [0.717, 1.165) is 38.5 Å². The minimum atomic E-state index is -1.20. The van der Waals surface area contributed by atoms with E-state index in [1.165, 1.54) is 0 Å². The van der Waals surface area contributed by atoms with Crippen LogP contribution >= 0.6 is 0 Å². The normalized spacial score (nSPS) is 9.36. The maximum Gasteiger partial charge on any atom is 0.505 e. The first-order valence-corrected chi connectivity index (χ1v) is 5.00. The molecular weight excluding hydrogens is 182 g/mol. The fraction of sp³-hybridized carbons (Fsp3) is 0.800. The van der Waals surface area contributed by atoms with Crippen LogP contribution in [-0.2, 0) is 4.74 Å². The molecule has 0 heterocycles. The number of ether oxygens (including phenoxy) is 1. The monoisotopic (exact) mass is 199 g/mol. The molecule has 0 spiro atoms. The minimum Gasteiger partial charge on any atom is -0.450 e. The van der Waals surface area contributed by atoms with Crippen LogP contribution in [-0.4, -0.2) is 17.9 Å². The van der Waals surface area contributed by atoms with Crippen molar-refractivity contribution in [1.82, 2.24) is 0 Å². The summed E-state index contributed by atoms with van der Waals surface area (Å²) in [7, 11) is 0. The van der Waals surface area contributed by atoms with Gasteiger partial charge in [0.25, 0.3) is 0 Å². The lowest BCUT2D eigenvalue weighted by atomic mass is 10.1. The quantitative estimate of drug-likeness (QED) is 0.482. The lowest BCUT2D eigenvalue weighted by molar-refractivity contribution is 0.0899. The molecule has 1 N–H and O–H groups in total. The van der Waals surface area contributed by atoms with Gasteiger partial charge < -0.3 is 9.84 Å². The van der Waals surface area contributed by atoms with Crippen molar-refractivity contribution in [3.05, 3.63) is 0 Å². The summed E-state index contributed by atoms with van der Waals surface area (Å²) < 4.78 is 4.36. The molecule has 0 rings (SSSR count). The van der Waals surface area contributed by atoms with Crippen LogP contribution in [0.3, 0.4) is 0 Å². The fourth-order valence-electron chi connectivity index (χ4n) is 1.17. The number of nitrogens with zero attached hydrogens (tertiary/aromatic N) is 1. The average Bonchev–Trinajstić information content (AvgIpc) is 2.15. The maximum absolute atomic E-state index is 9.95. The van der Waals surface area contributed by atoms with E-state index in [0.29, 0.717) is 13.0 Å². The van der Waals surface area contributed by atoms with Crippen LogP contribution in [0.1, 0.15) is 44.9 Å². The Labute approximate surface area is 84.5 Å². The van der Waals surface area contributed by atoms with Gasteiger partial charge in [0.2, 0.25) is 0 Å². The van der Waals surface area contributed by atoms with E-state index in [2.05, 4.69) is 10.8 Å². The van der Waals surface area contributed by atoms with Gasteiger partial charge in [-0.2, -0.15) is 5.26 Å². The van der Waals surface area contributed by atoms with Crippen LogP contribution in [0.5, 0.6) is 0 Å². The molecule has 0 saturated heterocycles. The molecular formula is C10H17NO3. The number of rotatable bonds is 8. The van der Waals surface area contributed by atoms with Gasteiger partial charge >= 0.3 is 6.16 Å². The van der Waals surface area contributed by atoms with E-state index in [9.17, 15) is 4.79 Å². The molecule has 0 saturated carbocycles. The molecule has 0 fully saturated rings. The second kappa shape index (κ2) is 9.85. The lowest BCUT2D eigenvalue weighted by Crippen LogP contribution is -2.01. The van der Waals surface area contributed by atoms with E-state index in [-0.39, 0.29) is 0 Å². The van der Waals surface area contributed by atoms with Gasteiger partial charge in [-0.05, 0) is 12.8 Å². The molecule has 0 aromatic carbocycles. The highest BCUT2D eigenvalue weighted by atomic mass is 16.7. The molecule has 0 amide bonds. The van der Waals surface area contributed by atoms with Crippen molar-refractivity contribution in [1.29, 1.82) is 5.26 Å². The Hall–Kier alpha value is -1.24. The maximum atomic E-state index is 9.95. The Bertz CT molecular complexity index is 186. The van der Waals surface area contributed by atoms with E-state index in [4.69, 9.17) is 10.4 Å². The summed E-state index contributed by atoms with van der Waals surface area (Å²) in [5.74, 6) is 0. The predicted octanol–water partition coefficient (Wildman–Crippen LogP) is 2.94. The number of hydrogen-bond acceptors (Lipinski definition) is 3. The van der Waals surface area contributed by atoms with Gasteiger partial charge in [-0.15, -0.1) is 0 Å². The number of unbranched alkanes of at least 4 members (excludes halogenated alkanes) is 6. The molecule has 0 radical (unpaired) electrons. The van der Waals surface area contributed by atoms with Crippen molar-refractivity contribution in [3.8, 4) is 6.07 Å². The second-order valence-electron chi connectivity index (χ2n) is 3.14. The smallest absolute Gasteiger partial charge is 0.450 e. The molecule has 14 heavy (non-hydrogen) atoms. The van der Waals surface area contributed by atoms with Crippen LogP contribution in [0.2, 0.25) is 0 Å². The molecule has 4 heteroatoms. The summed E-state index contributed by atoms with van der Waals surface area (Å²) in [6.45, 7) is 0.299. The van der Waals surface area contributed by atoms with Gasteiger partial charge in [0.15, 0.2) is 0 Å². The van der Waals surface area contributed by atoms with Crippen LogP contribution in [0, 0.1) is 11.3 Å². The zero-order valence-corrected chi connectivity index (χ0v) is 8.37. The summed E-state index contributed by atoms with van der Waals surface area (Å²) in [4.78, 5) is 9.95. The molecule has 4 nitrogen and oxygen atoms in total. The molecule has 0 bridgehead atoms. The largest absolute Gasteiger partial charge is 0.505 e. The Kier molecular flexibility index (Phi) is 8.97. The van der Waals surface area contributed by atoms with Gasteiger partial charge in [0.1, 0.15) is 0 Å². The van der Waals surface area contributed by atoms with Gasteiger partial charge in [0.05, 0.1) is 12.7 Å². The fourth-order valence-corrected chi connectivity index (χ4v) is 1.17. The zero-order chi connectivity index (χ0) is 10.6. The average molecular weight is 199 g/mol. The van der Waals surface area contributed by atoms with Gasteiger partial charge in [-0.3, -0.25) is 0 Å². The number of carboxylic acid groups (broad SMARTS) is 1. The number of nitriles is 1. The Morgan fingerprint density at radius 2 is 1.71 bits per heavy atom. The second-order valence-corrected chi connectivity index (χ2v) is 3.14. The molecule has 0 aromatic heterocycles. The Balaban J connectivity index is 2.93. The zero-order valence-electron chi connectivity index (χ0n) is 8.37. The molecule has 0 atom stereocenters. The SMILES string of the molecule is N#CCCCCCCCCOC(=O)O. The third kappa shape index (κ3) is 10.8. The molecule has 80 valence electrons. The lowest BCUT2D eigenvalue weighted by Gasteiger charge is -2.00. The number of hydrogen-bond donors (Lipinski definition) is 1. The van der Waals surface area contributed by atoms with Crippen LogP contribution < -0.4 is 0 Å². The highest BCUT2D eigenvalue weighted by molar-refractivity contribution is 5.56. The van der Waals surface area contributed by atoms with Crippen molar-refractivity contribution in [3.63, 3.8) is 0 Å². The Morgan fingerprint density at radius 1 is 1.14 bits per heavy atom. The van der Waals surface area contributed by atoms with Gasteiger partial charge in [-0.1, -0.05) is 25.7 Å². The standard InChI is InChI=1S/C10H17NO3/c11-8-6-4-2-1-3-5-7-9-14-10(12)13/h1-7,9H2,(H,12,13). The van der Waals surface area contributed by atoms with Crippen LogP contribution in [0.4, 0.5) is 4.79 Å². The van der Waals surface area contributed by atoms with Gasteiger partial charge in [-0.25, -0.2) is 4.79 Å². The molecule has 0 aliphatic carbocycles. The van der Waals surface area contributed by atoms with Crippen LogP contribution in [0.25, 0.3) is 0 Å². The molecule has 0 aliphatic rings. The van der Waals surface area contributed by atoms with Gasteiger partial charge in [0, 0.05) is 6.42 Å². The summed E-state index contributed by atoms with van der Waals surface area (Å²) in [5.41, 5.74) is 0. The highest BCUT2D eigenvalue weighted by Gasteiger charge is 1.95. The summed E-state index contributed by atoms with van der Waals surface area (Å²) >= 11 is 0. The predicted molar refractivity (Wildman–Crippen MR) is 51.9 cm³/mol. The van der Waals surface area contributed by atoms with E-state index < -0.39 is 6.16 Å². The van der Waals surface area contributed by atoms with Crippen LogP contribution in [0.15, 0.2) is 0 Å². The van der Waals surface area contributed by atoms with Crippen molar-refractivity contribution >= 4 is 6.16 Å². The molecule has 0 unspecified atom stereocenters. The van der Waals surface area contributed by atoms with E-state index in [1.807, 2.05) is 0 Å². The third-order valence-corrected chi connectivity index (χ3v) is 1.91. The molecule has 0 aliphatic heterocycles. The van der Waals surface area contributed by atoms with Crippen molar-refractivity contribution in [2.24, 2.45) is 0 Å². The van der Waals surface area contributed by atoms with Crippen molar-refractivity contribution in [2.45, 2.75) is 44.9 Å². The topological polar surface area (TPSA) is 70.3 Å². The first kappa shape index (κ1) is 12.8. The third-order valence-electron chi connectivity index (χ3n) is 1.91.